The second-order valence-electron chi connectivity index (χ2n) is 7.12. The Bertz CT molecular complexity index is 803. The van der Waals surface area contributed by atoms with Gasteiger partial charge in [0.2, 0.25) is 0 Å². The van der Waals surface area contributed by atoms with Crippen LogP contribution in [0.3, 0.4) is 0 Å². The Balaban J connectivity index is 1.90. The van der Waals surface area contributed by atoms with Crippen molar-refractivity contribution in [3.8, 4) is 16.9 Å². The first-order valence-electron chi connectivity index (χ1n) is 8.40. The summed E-state index contributed by atoms with van der Waals surface area (Å²) in [4.78, 5) is 11.3. The highest BCUT2D eigenvalue weighted by atomic mass is 19.3. The third-order valence-corrected chi connectivity index (χ3v) is 4.82. The van der Waals surface area contributed by atoms with Crippen LogP contribution in [0.2, 0.25) is 0 Å². The summed E-state index contributed by atoms with van der Waals surface area (Å²) in [5.74, 6) is 0.124. The molecule has 2 aromatic rings. The van der Waals surface area contributed by atoms with Gasteiger partial charge in [-0.25, -0.2) is 4.79 Å². The van der Waals surface area contributed by atoms with Crippen molar-refractivity contribution in [3.63, 3.8) is 0 Å². The Morgan fingerprint density at radius 1 is 1.15 bits per heavy atom. The second-order valence-corrected chi connectivity index (χ2v) is 7.12. The molecule has 1 amide bonds. The zero-order valence-electron chi connectivity index (χ0n) is 14.7. The van der Waals surface area contributed by atoms with Crippen LogP contribution in [0.4, 0.5) is 13.6 Å². The van der Waals surface area contributed by atoms with Gasteiger partial charge in [-0.1, -0.05) is 44.2 Å². The molecule has 138 valence electrons. The van der Waals surface area contributed by atoms with E-state index in [2.05, 4.69) is 18.6 Å². The van der Waals surface area contributed by atoms with Crippen molar-refractivity contribution in [3.05, 3.63) is 53.6 Å². The Labute approximate surface area is 150 Å². The van der Waals surface area contributed by atoms with Crippen molar-refractivity contribution in [2.24, 2.45) is 11.1 Å². The van der Waals surface area contributed by atoms with Crippen molar-refractivity contribution in [2.45, 2.75) is 39.4 Å². The number of carbonyl (C=O) groups is 1. The molecule has 0 saturated heterocycles. The van der Waals surface area contributed by atoms with Gasteiger partial charge >= 0.3 is 12.7 Å². The first kappa shape index (κ1) is 18.2. The third-order valence-electron chi connectivity index (χ3n) is 4.82. The van der Waals surface area contributed by atoms with Crippen LogP contribution < -0.4 is 10.5 Å². The van der Waals surface area contributed by atoms with Gasteiger partial charge in [-0.3, -0.25) is 0 Å². The summed E-state index contributed by atoms with van der Waals surface area (Å²) in [6, 6.07) is 12.4. The van der Waals surface area contributed by atoms with E-state index in [1.165, 1.54) is 12.1 Å². The lowest BCUT2D eigenvalue weighted by atomic mass is 9.71. The quantitative estimate of drug-likeness (QED) is 0.827. The molecule has 3 rings (SSSR count). The minimum absolute atomic E-state index is 0.124. The number of alkyl halides is 2. The van der Waals surface area contributed by atoms with E-state index < -0.39 is 12.7 Å². The number of fused-ring (bicyclic) bond motifs is 1. The summed E-state index contributed by atoms with van der Waals surface area (Å²) in [5, 5.41) is 0. The minimum Gasteiger partial charge on any atom is -0.441 e. The van der Waals surface area contributed by atoms with Crippen molar-refractivity contribution >= 4 is 6.09 Å². The van der Waals surface area contributed by atoms with Gasteiger partial charge in [0, 0.05) is 5.41 Å². The van der Waals surface area contributed by atoms with E-state index in [1.54, 1.807) is 12.1 Å². The standard InChI is InChI=1S/C20H21F2NO3/c1-20(2)10-9-14-11-13(5-8-16(14)17(20)26-19(23)24)12-3-6-15(7-4-12)25-18(21)22/h3-8,11,17-18H,9-10H2,1-2H3,(H2,23,24). The largest absolute Gasteiger partial charge is 0.441 e. The van der Waals surface area contributed by atoms with Crippen molar-refractivity contribution in [2.75, 3.05) is 0 Å². The zero-order valence-corrected chi connectivity index (χ0v) is 14.7. The first-order valence-corrected chi connectivity index (χ1v) is 8.40. The number of rotatable bonds is 4. The maximum atomic E-state index is 12.3. The van der Waals surface area contributed by atoms with E-state index in [-0.39, 0.29) is 17.3 Å². The number of amides is 1. The summed E-state index contributed by atoms with van der Waals surface area (Å²) >= 11 is 0. The summed E-state index contributed by atoms with van der Waals surface area (Å²) in [6.45, 7) is 1.27. The molecule has 1 aliphatic carbocycles. The minimum atomic E-state index is -2.84. The number of halogens is 2. The number of benzene rings is 2. The number of carbonyl (C=O) groups excluding carboxylic acids is 1. The molecule has 6 heteroatoms. The number of aryl methyl sites for hydroxylation is 1. The normalized spacial score (nSPS) is 18.3. The highest BCUT2D eigenvalue weighted by Gasteiger charge is 2.38. The van der Waals surface area contributed by atoms with Gasteiger partial charge in [-0.15, -0.1) is 0 Å². The number of ether oxygens (including phenoxy) is 2. The summed E-state index contributed by atoms with van der Waals surface area (Å²) in [6.07, 6.45) is 0.554. The summed E-state index contributed by atoms with van der Waals surface area (Å²) in [7, 11) is 0. The van der Waals surface area contributed by atoms with E-state index in [0.717, 1.165) is 35.1 Å². The molecule has 1 atom stereocenters. The Hall–Kier alpha value is -2.63. The first-order chi connectivity index (χ1) is 12.3. The number of primary amides is 1. The summed E-state index contributed by atoms with van der Waals surface area (Å²) in [5.41, 5.74) is 8.96. The monoisotopic (exact) mass is 361 g/mol. The Kier molecular flexibility index (Phi) is 4.85. The predicted molar refractivity (Wildman–Crippen MR) is 94.0 cm³/mol. The van der Waals surface area contributed by atoms with Gasteiger partial charge in [-0.05, 0) is 47.2 Å². The molecule has 0 aliphatic heterocycles. The van der Waals surface area contributed by atoms with Crippen LogP contribution in [0.5, 0.6) is 5.75 Å². The molecule has 0 saturated carbocycles. The molecule has 26 heavy (non-hydrogen) atoms. The fourth-order valence-corrected chi connectivity index (χ4v) is 3.43. The smallest absolute Gasteiger partial charge is 0.405 e. The average molecular weight is 361 g/mol. The highest BCUT2D eigenvalue weighted by Crippen LogP contribution is 2.46. The van der Waals surface area contributed by atoms with Crippen molar-refractivity contribution in [1.82, 2.24) is 0 Å². The van der Waals surface area contributed by atoms with Gasteiger partial charge in [0.25, 0.3) is 0 Å². The van der Waals surface area contributed by atoms with E-state index in [1.807, 2.05) is 18.2 Å². The van der Waals surface area contributed by atoms with Crippen LogP contribution in [0, 0.1) is 5.41 Å². The van der Waals surface area contributed by atoms with Gasteiger partial charge in [0.15, 0.2) is 0 Å². The predicted octanol–water partition coefficient (Wildman–Crippen LogP) is 5.06. The second kappa shape index (κ2) is 6.94. The SMILES string of the molecule is CC1(C)CCc2cc(-c3ccc(OC(F)F)cc3)ccc2C1OC(N)=O. The molecule has 0 bridgehead atoms. The average Bonchev–Trinajstić information content (AvgIpc) is 2.57. The van der Waals surface area contributed by atoms with Crippen LogP contribution in [0.25, 0.3) is 11.1 Å². The van der Waals surface area contributed by atoms with Gasteiger partial charge in [-0.2, -0.15) is 8.78 Å². The topological polar surface area (TPSA) is 61.6 Å². The van der Waals surface area contributed by atoms with Crippen molar-refractivity contribution < 1.29 is 23.0 Å². The molecule has 1 unspecified atom stereocenters. The number of nitrogens with two attached hydrogens (primary N) is 1. The van der Waals surface area contributed by atoms with E-state index >= 15 is 0 Å². The van der Waals surface area contributed by atoms with E-state index in [9.17, 15) is 13.6 Å². The molecular weight excluding hydrogens is 340 g/mol. The van der Waals surface area contributed by atoms with Crippen LogP contribution in [-0.2, 0) is 11.2 Å². The summed E-state index contributed by atoms with van der Waals surface area (Å²) < 4.78 is 34.3. The lowest BCUT2D eigenvalue weighted by Gasteiger charge is -2.39. The van der Waals surface area contributed by atoms with Crippen LogP contribution >= 0.6 is 0 Å². The van der Waals surface area contributed by atoms with E-state index in [0.29, 0.717) is 0 Å². The molecule has 2 N–H and O–H groups in total. The fraction of sp³-hybridized carbons (Fsp3) is 0.350. The molecule has 0 fully saturated rings. The maximum Gasteiger partial charge on any atom is 0.405 e. The van der Waals surface area contributed by atoms with Crippen molar-refractivity contribution in [1.29, 1.82) is 0 Å². The zero-order chi connectivity index (χ0) is 18.9. The van der Waals surface area contributed by atoms with Gasteiger partial charge in [0.05, 0.1) is 0 Å². The molecule has 2 aromatic carbocycles. The van der Waals surface area contributed by atoms with Crippen LogP contribution in [0.1, 0.15) is 37.5 Å². The third kappa shape index (κ3) is 3.79. The molecule has 0 spiro atoms. The van der Waals surface area contributed by atoms with Crippen LogP contribution in [0.15, 0.2) is 42.5 Å². The Morgan fingerprint density at radius 3 is 2.42 bits per heavy atom. The maximum absolute atomic E-state index is 12.3. The van der Waals surface area contributed by atoms with Crippen LogP contribution in [-0.4, -0.2) is 12.7 Å². The molecule has 0 radical (unpaired) electrons. The number of hydrogen-bond acceptors (Lipinski definition) is 3. The lowest BCUT2D eigenvalue weighted by Crippen LogP contribution is -2.33. The Morgan fingerprint density at radius 2 is 1.81 bits per heavy atom. The molecular formula is C20H21F2NO3. The molecule has 4 nitrogen and oxygen atoms in total. The van der Waals surface area contributed by atoms with E-state index in [4.69, 9.17) is 10.5 Å². The fourth-order valence-electron chi connectivity index (χ4n) is 3.43. The highest BCUT2D eigenvalue weighted by molar-refractivity contribution is 5.67. The van der Waals surface area contributed by atoms with Gasteiger partial charge in [0.1, 0.15) is 11.9 Å². The van der Waals surface area contributed by atoms with Gasteiger partial charge < -0.3 is 15.2 Å². The number of hydrogen-bond donors (Lipinski definition) is 1. The lowest BCUT2D eigenvalue weighted by molar-refractivity contribution is -0.0498. The molecule has 0 aromatic heterocycles. The molecule has 0 heterocycles. The molecule has 1 aliphatic rings.